The van der Waals surface area contributed by atoms with E-state index >= 15 is 0 Å². The van der Waals surface area contributed by atoms with Crippen LogP contribution in [0.1, 0.15) is 62.6 Å². The van der Waals surface area contributed by atoms with E-state index in [4.69, 9.17) is 0 Å². The predicted molar refractivity (Wildman–Crippen MR) is 131 cm³/mol. The summed E-state index contributed by atoms with van der Waals surface area (Å²) in [6, 6.07) is 0.190. The Labute approximate surface area is 196 Å². The number of nitrogens with zero attached hydrogens (tertiary/aromatic N) is 5. The lowest BCUT2D eigenvalue weighted by Gasteiger charge is -2.48. The number of nitrogens with one attached hydrogen (secondary N) is 2. The first-order valence-electron chi connectivity index (χ1n) is 10.9. The van der Waals surface area contributed by atoms with Gasteiger partial charge in [-0.1, -0.05) is 19.3 Å². The number of rotatable bonds is 4. The topological polar surface area (TPSA) is 70.4 Å². The van der Waals surface area contributed by atoms with Gasteiger partial charge in [-0.3, -0.25) is 9.89 Å². The highest BCUT2D eigenvalue weighted by Crippen LogP contribution is 2.35. The van der Waals surface area contributed by atoms with Crippen molar-refractivity contribution in [3.63, 3.8) is 0 Å². The summed E-state index contributed by atoms with van der Waals surface area (Å²) >= 11 is 2.10. The summed E-state index contributed by atoms with van der Waals surface area (Å²) in [6.07, 6.45) is 8.89. The SMILES string of the molecule is CN=C(NCC1(N2CCSCC2)CCCCC1)NC1CCCn2nc(C)nc21.I. The molecule has 0 aromatic carbocycles. The van der Waals surface area contributed by atoms with Crippen LogP contribution in [0, 0.1) is 6.92 Å². The van der Waals surface area contributed by atoms with E-state index in [0.29, 0.717) is 5.54 Å². The van der Waals surface area contributed by atoms with Crippen LogP contribution in [-0.2, 0) is 6.54 Å². The molecule has 1 saturated carbocycles. The van der Waals surface area contributed by atoms with Crippen molar-refractivity contribution >= 4 is 41.7 Å². The van der Waals surface area contributed by atoms with E-state index in [1.165, 1.54) is 56.7 Å². The van der Waals surface area contributed by atoms with E-state index in [0.717, 1.165) is 43.5 Å². The van der Waals surface area contributed by atoms with Gasteiger partial charge in [0.15, 0.2) is 5.96 Å². The van der Waals surface area contributed by atoms with Crippen LogP contribution < -0.4 is 10.6 Å². The van der Waals surface area contributed by atoms with Crippen LogP contribution in [0.4, 0.5) is 0 Å². The van der Waals surface area contributed by atoms with Crippen LogP contribution in [0.5, 0.6) is 0 Å². The summed E-state index contributed by atoms with van der Waals surface area (Å²) in [5.41, 5.74) is 0.292. The number of halogens is 1. The predicted octanol–water partition coefficient (Wildman–Crippen LogP) is 2.96. The van der Waals surface area contributed by atoms with E-state index in [-0.39, 0.29) is 30.0 Å². The molecule has 3 aliphatic rings. The first-order valence-corrected chi connectivity index (χ1v) is 12.1. The second-order valence-electron chi connectivity index (χ2n) is 8.39. The molecule has 164 valence electrons. The maximum Gasteiger partial charge on any atom is 0.191 e. The lowest BCUT2D eigenvalue weighted by molar-refractivity contribution is 0.0625. The molecule has 2 aliphatic heterocycles. The molecule has 29 heavy (non-hydrogen) atoms. The van der Waals surface area contributed by atoms with Crippen molar-refractivity contribution < 1.29 is 0 Å². The zero-order valence-electron chi connectivity index (χ0n) is 17.8. The van der Waals surface area contributed by atoms with Crippen LogP contribution in [0.2, 0.25) is 0 Å². The number of aryl methyl sites for hydroxylation is 2. The number of aromatic nitrogens is 3. The summed E-state index contributed by atoms with van der Waals surface area (Å²) in [4.78, 5) is 12.0. The third-order valence-electron chi connectivity index (χ3n) is 6.57. The van der Waals surface area contributed by atoms with Gasteiger partial charge < -0.3 is 10.6 Å². The van der Waals surface area contributed by atoms with E-state index in [1.54, 1.807) is 0 Å². The van der Waals surface area contributed by atoms with E-state index in [1.807, 2.05) is 14.0 Å². The van der Waals surface area contributed by atoms with Crippen LogP contribution in [0.25, 0.3) is 0 Å². The van der Waals surface area contributed by atoms with Crippen molar-refractivity contribution in [3.05, 3.63) is 11.6 Å². The number of aliphatic imine (C=N–C) groups is 1. The molecule has 2 fully saturated rings. The highest BCUT2D eigenvalue weighted by molar-refractivity contribution is 14.0. The lowest BCUT2D eigenvalue weighted by atomic mass is 9.80. The van der Waals surface area contributed by atoms with E-state index < -0.39 is 0 Å². The van der Waals surface area contributed by atoms with Crippen molar-refractivity contribution in [2.45, 2.75) is 70.0 Å². The minimum absolute atomic E-state index is 0. The third-order valence-corrected chi connectivity index (χ3v) is 7.51. The zero-order valence-corrected chi connectivity index (χ0v) is 21.0. The van der Waals surface area contributed by atoms with Gasteiger partial charge in [-0.15, -0.1) is 24.0 Å². The largest absolute Gasteiger partial charge is 0.355 e. The van der Waals surface area contributed by atoms with Gasteiger partial charge in [-0.05, 0) is 32.6 Å². The van der Waals surface area contributed by atoms with Gasteiger partial charge in [0.05, 0.1) is 6.04 Å². The fourth-order valence-corrected chi connectivity index (χ4v) is 5.97. The molecule has 0 radical (unpaired) electrons. The maximum absolute atomic E-state index is 4.65. The maximum atomic E-state index is 4.65. The zero-order chi connectivity index (χ0) is 19.4. The van der Waals surface area contributed by atoms with Crippen molar-refractivity contribution in [3.8, 4) is 0 Å². The number of thioether (sulfide) groups is 1. The molecule has 3 heterocycles. The summed E-state index contributed by atoms with van der Waals surface area (Å²) in [5.74, 6) is 5.34. The highest BCUT2D eigenvalue weighted by Gasteiger charge is 2.38. The quantitative estimate of drug-likeness (QED) is 0.353. The molecule has 9 heteroatoms. The monoisotopic (exact) mass is 533 g/mol. The molecule has 1 saturated heterocycles. The first kappa shape index (κ1) is 23.1. The molecule has 1 aromatic heterocycles. The summed E-state index contributed by atoms with van der Waals surface area (Å²) < 4.78 is 2.05. The van der Waals surface area contributed by atoms with Crippen molar-refractivity contribution in [1.29, 1.82) is 0 Å². The van der Waals surface area contributed by atoms with Crippen molar-refractivity contribution in [1.82, 2.24) is 30.3 Å². The summed E-state index contributed by atoms with van der Waals surface area (Å²) in [7, 11) is 1.87. The Bertz CT molecular complexity index is 680. The molecule has 0 bridgehead atoms. The number of fused-ring (bicyclic) bond motifs is 1. The molecule has 2 N–H and O–H groups in total. The van der Waals surface area contributed by atoms with E-state index in [9.17, 15) is 0 Å². The average Bonchev–Trinajstić information content (AvgIpc) is 3.13. The van der Waals surface area contributed by atoms with Crippen LogP contribution in [-0.4, -0.2) is 69.4 Å². The molecular formula is C20H36IN7S. The molecule has 1 atom stereocenters. The Balaban J connectivity index is 0.00000240. The number of guanidine groups is 1. The molecule has 4 rings (SSSR count). The smallest absolute Gasteiger partial charge is 0.191 e. The molecular weight excluding hydrogens is 497 g/mol. The molecule has 7 nitrogen and oxygen atoms in total. The van der Waals surface area contributed by atoms with E-state index in [2.05, 4.69) is 47.1 Å². The molecule has 0 amide bonds. The molecule has 1 unspecified atom stereocenters. The Morgan fingerprint density at radius 3 is 2.66 bits per heavy atom. The molecule has 0 spiro atoms. The van der Waals surface area contributed by atoms with Crippen molar-refractivity contribution in [2.24, 2.45) is 4.99 Å². The standard InChI is InChI=1S/C20H35N7S.HI/c1-16-23-18-17(7-6-10-27(18)25-16)24-19(21-2)22-15-20(8-4-3-5-9-20)26-11-13-28-14-12-26;/h17H,3-15H2,1-2H3,(H2,21,22,24);1H. The second kappa shape index (κ2) is 10.7. The van der Waals surface area contributed by atoms with Gasteiger partial charge in [0.1, 0.15) is 11.6 Å². The van der Waals surface area contributed by atoms with Crippen LogP contribution >= 0.6 is 35.7 Å². The number of hydrogen-bond acceptors (Lipinski definition) is 5. The normalized spacial score (nSPS) is 25.0. The minimum atomic E-state index is 0. The van der Waals surface area contributed by atoms with Gasteiger partial charge >= 0.3 is 0 Å². The fraction of sp³-hybridized carbons (Fsp3) is 0.850. The summed E-state index contributed by atoms with van der Waals surface area (Å²) in [6.45, 7) is 6.37. The average molecular weight is 534 g/mol. The molecule has 1 aliphatic carbocycles. The minimum Gasteiger partial charge on any atom is -0.355 e. The Kier molecular flexibility index (Phi) is 8.50. The fourth-order valence-electron chi connectivity index (χ4n) is 5.07. The summed E-state index contributed by atoms with van der Waals surface area (Å²) in [5, 5.41) is 11.8. The third kappa shape index (κ3) is 5.39. The first-order chi connectivity index (χ1) is 13.7. The van der Waals surface area contributed by atoms with Gasteiger partial charge in [-0.25, -0.2) is 9.67 Å². The Morgan fingerprint density at radius 1 is 1.17 bits per heavy atom. The van der Waals surface area contributed by atoms with Gasteiger partial charge in [0.2, 0.25) is 0 Å². The molecule has 1 aromatic rings. The van der Waals surface area contributed by atoms with Crippen LogP contribution in [0.15, 0.2) is 4.99 Å². The van der Waals surface area contributed by atoms with Crippen LogP contribution in [0.3, 0.4) is 0 Å². The second-order valence-corrected chi connectivity index (χ2v) is 9.61. The van der Waals surface area contributed by atoms with Crippen molar-refractivity contribution in [2.75, 3.05) is 38.2 Å². The Morgan fingerprint density at radius 2 is 1.93 bits per heavy atom. The van der Waals surface area contributed by atoms with Gasteiger partial charge in [0, 0.05) is 50.3 Å². The van der Waals surface area contributed by atoms with Gasteiger partial charge in [-0.2, -0.15) is 16.9 Å². The Hall–Kier alpha value is -0.550. The van der Waals surface area contributed by atoms with Gasteiger partial charge in [0.25, 0.3) is 0 Å². The number of hydrogen-bond donors (Lipinski definition) is 2. The highest BCUT2D eigenvalue weighted by atomic mass is 127. The lowest BCUT2D eigenvalue weighted by Crippen LogP contribution is -2.60.